The number of rotatable bonds is 6. The van der Waals surface area contributed by atoms with Gasteiger partial charge >= 0.3 is 0 Å². The number of hydrogen-bond acceptors (Lipinski definition) is 4. The Morgan fingerprint density at radius 3 is 2.67 bits per heavy atom. The van der Waals surface area contributed by atoms with Gasteiger partial charge in [-0.3, -0.25) is 14.3 Å². The predicted molar refractivity (Wildman–Crippen MR) is 113 cm³/mol. The second-order valence-corrected chi connectivity index (χ2v) is 8.25. The summed E-state index contributed by atoms with van der Waals surface area (Å²) in [6.45, 7) is 4.98. The average molecular weight is 411 g/mol. The van der Waals surface area contributed by atoms with Gasteiger partial charge in [-0.1, -0.05) is 12.1 Å². The molecule has 7 heteroatoms. The SMILES string of the molecule is Cc1cccc(OCC(=O)N2CCc3c(c(CCC(=O)N4CCCC4)nn3C)C2)c1. The molecule has 2 aliphatic rings. The molecule has 0 aliphatic carbocycles. The van der Waals surface area contributed by atoms with E-state index in [0.29, 0.717) is 31.7 Å². The fourth-order valence-corrected chi connectivity index (χ4v) is 4.37. The van der Waals surface area contributed by atoms with E-state index in [1.165, 1.54) is 5.69 Å². The number of likely N-dealkylation sites (tertiary alicyclic amines) is 1. The number of nitrogens with zero attached hydrogens (tertiary/aromatic N) is 4. The summed E-state index contributed by atoms with van der Waals surface area (Å²) in [7, 11) is 1.95. The second-order valence-electron chi connectivity index (χ2n) is 8.25. The number of fused-ring (bicyclic) bond motifs is 1. The highest BCUT2D eigenvalue weighted by Gasteiger charge is 2.27. The van der Waals surface area contributed by atoms with E-state index in [2.05, 4.69) is 5.10 Å². The molecule has 2 aromatic rings. The minimum atomic E-state index is -0.0231. The van der Waals surface area contributed by atoms with Crippen LogP contribution in [-0.2, 0) is 36.0 Å². The smallest absolute Gasteiger partial charge is 0.260 e. The lowest BCUT2D eigenvalue weighted by atomic mass is 10.0. The number of aryl methyl sites for hydroxylation is 3. The molecular formula is C23H30N4O3. The van der Waals surface area contributed by atoms with E-state index in [1.54, 1.807) is 0 Å². The highest BCUT2D eigenvalue weighted by molar-refractivity contribution is 5.78. The summed E-state index contributed by atoms with van der Waals surface area (Å²) in [6, 6.07) is 7.72. The van der Waals surface area contributed by atoms with Crippen molar-refractivity contribution < 1.29 is 14.3 Å². The second kappa shape index (κ2) is 8.90. The number of hydrogen-bond donors (Lipinski definition) is 0. The Hall–Kier alpha value is -2.83. The fraction of sp³-hybridized carbons (Fsp3) is 0.522. The first-order valence-corrected chi connectivity index (χ1v) is 10.8. The molecule has 1 aromatic carbocycles. The van der Waals surface area contributed by atoms with Gasteiger partial charge in [0.1, 0.15) is 5.75 Å². The summed E-state index contributed by atoms with van der Waals surface area (Å²) in [5.41, 5.74) is 4.31. The summed E-state index contributed by atoms with van der Waals surface area (Å²) >= 11 is 0. The first-order valence-electron chi connectivity index (χ1n) is 10.8. The van der Waals surface area contributed by atoms with Crippen molar-refractivity contribution >= 4 is 11.8 Å². The van der Waals surface area contributed by atoms with E-state index in [-0.39, 0.29) is 18.4 Å². The minimum absolute atomic E-state index is 0.0231. The zero-order valence-corrected chi connectivity index (χ0v) is 17.9. The van der Waals surface area contributed by atoms with Gasteiger partial charge in [0, 0.05) is 63.7 Å². The first-order chi connectivity index (χ1) is 14.5. The summed E-state index contributed by atoms with van der Waals surface area (Å²) in [4.78, 5) is 28.9. The molecule has 1 saturated heterocycles. The van der Waals surface area contributed by atoms with Crippen molar-refractivity contribution in [3.63, 3.8) is 0 Å². The number of carbonyl (C=O) groups excluding carboxylic acids is 2. The molecule has 4 rings (SSSR count). The third kappa shape index (κ3) is 4.50. The van der Waals surface area contributed by atoms with E-state index in [4.69, 9.17) is 4.74 Å². The standard InChI is InChI=1S/C23H30N4O3/c1-17-6-5-7-18(14-17)30-16-23(29)27-13-10-21-19(15-27)20(24-25(21)2)8-9-22(28)26-11-3-4-12-26/h5-7,14H,3-4,8-13,15-16H2,1-2H3. The Balaban J connectivity index is 1.37. The summed E-state index contributed by atoms with van der Waals surface area (Å²) in [5, 5.41) is 4.66. The fourth-order valence-electron chi connectivity index (χ4n) is 4.37. The van der Waals surface area contributed by atoms with Gasteiger partial charge < -0.3 is 14.5 Å². The Kier molecular flexibility index (Phi) is 6.06. The van der Waals surface area contributed by atoms with Crippen LogP contribution in [-0.4, -0.2) is 57.6 Å². The molecule has 0 unspecified atom stereocenters. The van der Waals surface area contributed by atoms with Crippen molar-refractivity contribution in [1.82, 2.24) is 19.6 Å². The third-order valence-corrected chi connectivity index (χ3v) is 6.06. The zero-order chi connectivity index (χ0) is 21.1. The van der Waals surface area contributed by atoms with Crippen LogP contribution in [0.1, 0.15) is 41.8 Å². The lowest BCUT2D eigenvalue weighted by Gasteiger charge is -2.27. The molecule has 2 amide bonds. The molecule has 0 saturated carbocycles. The van der Waals surface area contributed by atoms with Gasteiger partial charge in [0.05, 0.1) is 5.69 Å². The molecule has 2 aliphatic heterocycles. The molecule has 7 nitrogen and oxygen atoms in total. The predicted octanol–water partition coefficient (Wildman–Crippen LogP) is 2.25. The molecule has 0 N–H and O–H groups in total. The van der Waals surface area contributed by atoms with Crippen LogP contribution in [0.4, 0.5) is 0 Å². The molecule has 0 atom stereocenters. The number of ether oxygens (including phenoxy) is 1. The number of carbonyl (C=O) groups is 2. The van der Waals surface area contributed by atoms with E-state index in [0.717, 1.165) is 49.2 Å². The highest BCUT2D eigenvalue weighted by atomic mass is 16.5. The van der Waals surface area contributed by atoms with Crippen molar-refractivity contribution in [3.8, 4) is 5.75 Å². The monoisotopic (exact) mass is 410 g/mol. The summed E-state index contributed by atoms with van der Waals surface area (Å²) < 4.78 is 7.61. The summed E-state index contributed by atoms with van der Waals surface area (Å²) in [5.74, 6) is 0.899. The van der Waals surface area contributed by atoms with E-state index < -0.39 is 0 Å². The van der Waals surface area contributed by atoms with Crippen LogP contribution in [0.25, 0.3) is 0 Å². The van der Waals surface area contributed by atoms with Gasteiger partial charge in [0.25, 0.3) is 5.91 Å². The van der Waals surface area contributed by atoms with Crippen LogP contribution < -0.4 is 4.74 Å². The quantitative estimate of drug-likeness (QED) is 0.733. The molecule has 30 heavy (non-hydrogen) atoms. The number of benzene rings is 1. The first kappa shape index (κ1) is 20.4. The lowest BCUT2D eigenvalue weighted by molar-refractivity contribution is -0.134. The van der Waals surface area contributed by atoms with Crippen molar-refractivity contribution in [2.75, 3.05) is 26.2 Å². The van der Waals surface area contributed by atoms with E-state index in [1.807, 2.05) is 52.7 Å². The van der Waals surface area contributed by atoms with Gasteiger partial charge in [-0.2, -0.15) is 5.10 Å². The summed E-state index contributed by atoms with van der Waals surface area (Å²) in [6.07, 6.45) is 4.09. The minimum Gasteiger partial charge on any atom is -0.484 e. The van der Waals surface area contributed by atoms with Crippen molar-refractivity contribution in [2.24, 2.45) is 7.05 Å². The van der Waals surface area contributed by atoms with Crippen LogP contribution in [0.3, 0.4) is 0 Å². The van der Waals surface area contributed by atoms with Gasteiger partial charge in [0.2, 0.25) is 5.91 Å². The molecule has 1 aromatic heterocycles. The van der Waals surface area contributed by atoms with Crippen molar-refractivity contribution in [3.05, 3.63) is 46.8 Å². The topological polar surface area (TPSA) is 67.7 Å². The number of amides is 2. The maximum atomic E-state index is 12.7. The maximum Gasteiger partial charge on any atom is 0.260 e. The van der Waals surface area contributed by atoms with E-state index in [9.17, 15) is 9.59 Å². The van der Waals surface area contributed by atoms with Gasteiger partial charge in [0.15, 0.2) is 6.61 Å². The van der Waals surface area contributed by atoms with E-state index >= 15 is 0 Å². The van der Waals surface area contributed by atoms with Gasteiger partial charge in [-0.25, -0.2) is 0 Å². The number of aromatic nitrogens is 2. The van der Waals surface area contributed by atoms with Crippen LogP contribution >= 0.6 is 0 Å². The van der Waals surface area contributed by atoms with Crippen LogP contribution in [0.5, 0.6) is 5.75 Å². The third-order valence-electron chi connectivity index (χ3n) is 6.06. The molecule has 160 valence electrons. The molecule has 0 bridgehead atoms. The van der Waals surface area contributed by atoms with Gasteiger partial charge in [-0.15, -0.1) is 0 Å². The Labute approximate surface area is 177 Å². The molecule has 3 heterocycles. The highest BCUT2D eigenvalue weighted by Crippen LogP contribution is 2.24. The zero-order valence-electron chi connectivity index (χ0n) is 17.9. The Morgan fingerprint density at radius 1 is 1.10 bits per heavy atom. The molecule has 1 fully saturated rings. The molecular weight excluding hydrogens is 380 g/mol. The van der Waals surface area contributed by atoms with Gasteiger partial charge in [-0.05, 0) is 37.5 Å². The molecule has 0 radical (unpaired) electrons. The maximum absolute atomic E-state index is 12.7. The van der Waals surface area contributed by atoms with Crippen LogP contribution in [0.2, 0.25) is 0 Å². The van der Waals surface area contributed by atoms with Crippen LogP contribution in [0.15, 0.2) is 24.3 Å². The largest absolute Gasteiger partial charge is 0.484 e. The Morgan fingerprint density at radius 2 is 1.90 bits per heavy atom. The normalized spacial score (nSPS) is 15.9. The van der Waals surface area contributed by atoms with Crippen LogP contribution in [0, 0.1) is 6.92 Å². The van der Waals surface area contributed by atoms with Crippen molar-refractivity contribution in [2.45, 2.75) is 45.6 Å². The lowest BCUT2D eigenvalue weighted by Crippen LogP contribution is -2.39. The Bertz CT molecular complexity index is 931. The molecule has 0 spiro atoms. The average Bonchev–Trinajstić information content (AvgIpc) is 3.39. The van der Waals surface area contributed by atoms with Crippen molar-refractivity contribution in [1.29, 1.82) is 0 Å².